The molecule has 0 bridgehead atoms. The quantitative estimate of drug-likeness (QED) is 0.219. The molecule has 0 aliphatic carbocycles. The van der Waals surface area contributed by atoms with Crippen molar-refractivity contribution in [3.05, 3.63) is 0 Å². The number of likely N-dealkylation sites (N-methyl/N-ethyl adjacent to an activating group) is 2. The molecular formula is C34H74Cl2N4. The number of hydrogen-bond acceptors (Lipinski definition) is 2. The Hall–Kier alpha value is 0.420. The molecule has 2 fully saturated rings. The van der Waals surface area contributed by atoms with Crippen molar-refractivity contribution in [2.75, 3.05) is 79.5 Å². The van der Waals surface area contributed by atoms with Gasteiger partial charge in [0.15, 0.2) is 0 Å². The molecule has 2 aliphatic rings. The molecule has 0 N–H and O–H groups in total. The highest BCUT2D eigenvalue weighted by molar-refractivity contribution is 4.73. The van der Waals surface area contributed by atoms with E-state index in [9.17, 15) is 0 Å². The van der Waals surface area contributed by atoms with Crippen molar-refractivity contribution in [2.45, 2.75) is 144 Å². The Morgan fingerprint density at radius 3 is 1.00 bits per heavy atom. The standard InChI is InChI=1S/2C17H37N2.2ClH/c2*1-5-8-11-17-16-18(4)12-15-19(17,13-9-6-2)14-10-7-3;;/h2*17H,5-16H2,1-4H3;2*1H/q2*+1;;/p-2. The van der Waals surface area contributed by atoms with Crippen LogP contribution in [0.15, 0.2) is 0 Å². The van der Waals surface area contributed by atoms with E-state index in [0.717, 1.165) is 12.1 Å². The predicted octanol–water partition coefficient (Wildman–Crippen LogP) is 1.82. The first-order valence-electron chi connectivity index (χ1n) is 17.4. The summed E-state index contributed by atoms with van der Waals surface area (Å²) in [5, 5.41) is 0. The summed E-state index contributed by atoms with van der Waals surface area (Å²) in [5.74, 6) is 0. The summed E-state index contributed by atoms with van der Waals surface area (Å²) in [5.41, 5.74) is 0. The van der Waals surface area contributed by atoms with Crippen molar-refractivity contribution < 1.29 is 33.8 Å². The van der Waals surface area contributed by atoms with Crippen molar-refractivity contribution >= 4 is 0 Å². The van der Waals surface area contributed by atoms with Gasteiger partial charge < -0.3 is 33.8 Å². The minimum absolute atomic E-state index is 0. The van der Waals surface area contributed by atoms with Gasteiger partial charge in [0.25, 0.3) is 0 Å². The van der Waals surface area contributed by atoms with Crippen LogP contribution in [0.1, 0.15) is 131 Å². The maximum absolute atomic E-state index is 2.56. The third-order valence-electron chi connectivity index (χ3n) is 10.1. The van der Waals surface area contributed by atoms with Crippen LogP contribution in [0.2, 0.25) is 0 Å². The molecule has 2 aliphatic heterocycles. The van der Waals surface area contributed by atoms with E-state index in [-0.39, 0.29) is 24.8 Å². The molecule has 0 amide bonds. The van der Waals surface area contributed by atoms with Gasteiger partial charge in [0.1, 0.15) is 12.1 Å². The maximum Gasteiger partial charge on any atom is 0.102 e. The Balaban J connectivity index is 0. The largest absolute Gasteiger partial charge is 1.00 e. The lowest BCUT2D eigenvalue weighted by Gasteiger charge is -2.50. The van der Waals surface area contributed by atoms with Crippen LogP contribution in [0.5, 0.6) is 0 Å². The van der Waals surface area contributed by atoms with Gasteiger partial charge in [0.05, 0.1) is 52.4 Å². The Bertz CT molecular complexity index is 487. The van der Waals surface area contributed by atoms with E-state index in [4.69, 9.17) is 0 Å². The van der Waals surface area contributed by atoms with Gasteiger partial charge in [-0.3, -0.25) is 9.80 Å². The van der Waals surface area contributed by atoms with Crippen molar-refractivity contribution in [1.29, 1.82) is 0 Å². The zero-order valence-electron chi connectivity index (χ0n) is 28.7. The highest BCUT2D eigenvalue weighted by atomic mass is 35.5. The molecule has 0 saturated carbocycles. The normalized spacial score (nSPS) is 22.5. The lowest BCUT2D eigenvalue weighted by Crippen LogP contribution is -3.00. The number of halogens is 2. The highest BCUT2D eigenvalue weighted by Gasteiger charge is 2.40. The summed E-state index contributed by atoms with van der Waals surface area (Å²) in [6, 6.07) is 1.80. The van der Waals surface area contributed by atoms with Crippen LogP contribution in [-0.2, 0) is 0 Å². The number of quaternary nitrogens is 2. The first-order chi connectivity index (χ1) is 18.4. The fourth-order valence-electron chi connectivity index (χ4n) is 7.26. The van der Waals surface area contributed by atoms with Gasteiger partial charge in [-0.05, 0) is 52.6 Å². The Morgan fingerprint density at radius 2 is 0.750 bits per heavy atom. The van der Waals surface area contributed by atoms with Gasteiger partial charge in [-0.15, -0.1) is 0 Å². The third kappa shape index (κ3) is 14.7. The van der Waals surface area contributed by atoms with Crippen LogP contribution < -0.4 is 24.8 Å². The molecular weight excluding hydrogens is 535 g/mol. The molecule has 2 saturated heterocycles. The van der Waals surface area contributed by atoms with E-state index in [1.54, 1.807) is 0 Å². The van der Waals surface area contributed by atoms with Crippen LogP contribution in [-0.4, -0.2) is 110 Å². The molecule has 2 heterocycles. The molecule has 244 valence electrons. The molecule has 2 rings (SSSR count). The van der Waals surface area contributed by atoms with Gasteiger partial charge in [0.2, 0.25) is 0 Å². The lowest BCUT2D eigenvalue weighted by molar-refractivity contribution is -0.956. The molecule has 0 aromatic rings. The van der Waals surface area contributed by atoms with Gasteiger partial charge in [0, 0.05) is 25.9 Å². The summed E-state index contributed by atoms with van der Waals surface area (Å²) >= 11 is 0. The minimum atomic E-state index is 0. The number of unbranched alkanes of at least 4 members (excludes halogenated alkanes) is 6. The van der Waals surface area contributed by atoms with E-state index in [1.165, 1.54) is 164 Å². The summed E-state index contributed by atoms with van der Waals surface area (Å²) in [6.07, 6.45) is 19.5. The molecule has 40 heavy (non-hydrogen) atoms. The second kappa shape index (κ2) is 24.8. The number of rotatable bonds is 18. The van der Waals surface area contributed by atoms with E-state index in [2.05, 4.69) is 65.4 Å². The van der Waals surface area contributed by atoms with Crippen molar-refractivity contribution in [3.8, 4) is 0 Å². The third-order valence-corrected chi connectivity index (χ3v) is 10.1. The average Bonchev–Trinajstić information content (AvgIpc) is 2.93. The topological polar surface area (TPSA) is 6.48 Å². The Labute approximate surface area is 266 Å². The number of hydrogen-bond donors (Lipinski definition) is 0. The zero-order chi connectivity index (χ0) is 28.3. The zero-order valence-corrected chi connectivity index (χ0v) is 30.2. The highest BCUT2D eigenvalue weighted by Crippen LogP contribution is 2.27. The molecule has 2 unspecified atom stereocenters. The summed E-state index contributed by atoms with van der Waals surface area (Å²) in [7, 11) is 4.62. The minimum Gasteiger partial charge on any atom is -1.00 e. The number of nitrogens with zero attached hydrogens (tertiary/aromatic N) is 4. The number of piperazine rings is 2. The van der Waals surface area contributed by atoms with Crippen LogP contribution in [0.4, 0.5) is 0 Å². The summed E-state index contributed by atoms with van der Waals surface area (Å²) in [6.45, 7) is 27.8. The van der Waals surface area contributed by atoms with Crippen molar-refractivity contribution in [3.63, 3.8) is 0 Å². The monoisotopic (exact) mass is 609 g/mol. The van der Waals surface area contributed by atoms with Gasteiger partial charge in [-0.1, -0.05) is 80.1 Å². The molecule has 6 heteroatoms. The van der Waals surface area contributed by atoms with Gasteiger partial charge in [-0.25, -0.2) is 0 Å². The molecule has 0 spiro atoms. The van der Waals surface area contributed by atoms with Crippen LogP contribution in [0.25, 0.3) is 0 Å². The van der Waals surface area contributed by atoms with E-state index < -0.39 is 0 Å². The van der Waals surface area contributed by atoms with Gasteiger partial charge >= 0.3 is 0 Å². The van der Waals surface area contributed by atoms with Crippen LogP contribution >= 0.6 is 0 Å². The first kappa shape index (κ1) is 42.6. The van der Waals surface area contributed by atoms with Crippen LogP contribution in [0.3, 0.4) is 0 Å². The molecule has 0 radical (unpaired) electrons. The van der Waals surface area contributed by atoms with Gasteiger partial charge in [-0.2, -0.15) is 0 Å². The van der Waals surface area contributed by atoms with E-state index in [1.807, 2.05) is 0 Å². The van der Waals surface area contributed by atoms with Crippen molar-refractivity contribution in [1.82, 2.24) is 9.80 Å². The average molecular weight is 610 g/mol. The summed E-state index contributed by atoms with van der Waals surface area (Å²) < 4.78 is 2.87. The second-order valence-electron chi connectivity index (χ2n) is 13.3. The Kier molecular flexibility index (Phi) is 26.4. The van der Waals surface area contributed by atoms with Crippen molar-refractivity contribution in [2.24, 2.45) is 0 Å². The molecule has 0 aromatic heterocycles. The molecule has 0 aromatic carbocycles. The fraction of sp³-hybridized carbons (Fsp3) is 1.00. The molecule has 4 nitrogen and oxygen atoms in total. The predicted molar refractivity (Wildman–Crippen MR) is 171 cm³/mol. The summed E-state index contributed by atoms with van der Waals surface area (Å²) in [4.78, 5) is 5.13. The second-order valence-corrected chi connectivity index (χ2v) is 13.3. The first-order valence-corrected chi connectivity index (χ1v) is 17.4. The SMILES string of the molecule is CCCCC1CN(C)CC[N+]1(CCCC)CCCC.CCCCC1CN(C)CC[N+]1(CCCC)CCCC.[Cl-].[Cl-]. The van der Waals surface area contributed by atoms with E-state index >= 15 is 0 Å². The lowest BCUT2D eigenvalue weighted by atomic mass is 9.99. The van der Waals surface area contributed by atoms with Crippen LogP contribution in [0, 0.1) is 0 Å². The molecule has 2 atom stereocenters. The smallest absolute Gasteiger partial charge is 0.102 e. The maximum atomic E-state index is 2.56. The Morgan fingerprint density at radius 1 is 0.475 bits per heavy atom. The van der Waals surface area contributed by atoms with E-state index in [0.29, 0.717) is 0 Å². The fourth-order valence-corrected chi connectivity index (χ4v) is 7.26.